The second-order valence-corrected chi connectivity index (χ2v) is 5.70. The summed E-state index contributed by atoms with van der Waals surface area (Å²) in [6.07, 6.45) is 3.44. The number of nitrogens with zero attached hydrogens (tertiary/aromatic N) is 2. The van der Waals surface area contributed by atoms with Crippen LogP contribution in [0.4, 0.5) is 0 Å². The zero-order valence-corrected chi connectivity index (χ0v) is 11.9. The van der Waals surface area contributed by atoms with Gasteiger partial charge in [-0.3, -0.25) is 10.2 Å². The molecule has 0 aromatic heterocycles. The molecule has 20 heavy (non-hydrogen) atoms. The summed E-state index contributed by atoms with van der Waals surface area (Å²) in [4.78, 5) is 16.5. The van der Waals surface area contributed by atoms with E-state index in [1.54, 1.807) is 0 Å². The fourth-order valence-corrected chi connectivity index (χ4v) is 3.15. The van der Waals surface area contributed by atoms with E-state index in [0.29, 0.717) is 12.4 Å². The van der Waals surface area contributed by atoms with Crippen LogP contribution in [0.25, 0.3) is 0 Å². The summed E-state index contributed by atoms with van der Waals surface area (Å²) in [7, 11) is 0. The van der Waals surface area contributed by atoms with Gasteiger partial charge in [0.1, 0.15) is 11.9 Å². The van der Waals surface area contributed by atoms with Crippen LogP contribution in [0.2, 0.25) is 0 Å². The molecule has 0 saturated carbocycles. The minimum absolute atomic E-state index is 0.169. The first-order valence-electron chi connectivity index (χ1n) is 7.41. The number of rotatable bonds is 2. The lowest BCUT2D eigenvalue weighted by molar-refractivity contribution is -0.136. The SMILES string of the molecule is CC(C(=O)N1CCCCC1)N1Cc2ccccc2C1=N. The van der Waals surface area contributed by atoms with Crippen molar-refractivity contribution in [1.82, 2.24) is 9.80 Å². The zero-order valence-electron chi connectivity index (χ0n) is 11.9. The van der Waals surface area contributed by atoms with Gasteiger partial charge >= 0.3 is 0 Å². The van der Waals surface area contributed by atoms with Gasteiger partial charge in [-0.2, -0.15) is 0 Å². The third-order valence-corrected chi connectivity index (χ3v) is 4.39. The Balaban J connectivity index is 1.74. The van der Waals surface area contributed by atoms with Crippen LogP contribution in [0.15, 0.2) is 24.3 Å². The van der Waals surface area contributed by atoms with Crippen LogP contribution in [0.5, 0.6) is 0 Å². The molecule has 1 aromatic carbocycles. The molecule has 1 fully saturated rings. The second kappa shape index (κ2) is 5.27. The molecule has 3 rings (SSSR count). The maximum Gasteiger partial charge on any atom is 0.245 e. The number of hydrogen-bond acceptors (Lipinski definition) is 2. The van der Waals surface area contributed by atoms with E-state index in [9.17, 15) is 4.79 Å². The number of carbonyl (C=O) groups is 1. The molecule has 1 amide bonds. The summed E-state index contributed by atoms with van der Waals surface area (Å²) in [6.45, 7) is 4.35. The Bertz CT molecular complexity index is 534. The first kappa shape index (κ1) is 13.2. The third kappa shape index (κ3) is 2.19. The number of fused-ring (bicyclic) bond motifs is 1. The summed E-state index contributed by atoms with van der Waals surface area (Å²) in [5, 5.41) is 8.28. The van der Waals surface area contributed by atoms with Crippen LogP contribution < -0.4 is 0 Å². The molecule has 0 bridgehead atoms. The third-order valence-electron chi connectivity index (χ3n) is 4.39. The van der Waals surface area contributed by atoms with Gasteiger partial charge in [0.25, 0.3) is 0 Å². The van der Waals surface area contributed by atoms with Gasteiger partial charge in [0.05, 0.1) is 0 Å². The van der Waals surface area contributed by atoms with Gasteiger partial charge in [-0.15, -0.1) is 0 Å². The molecule has 0 radical (unpaired) electrons. The lowest BCUT2D eigenvalue weighted by atomic mass is 10.1. The topological polar surface area (TPSA) is 47.4 Å². The number of carbonyl (C=O) groups excluding carboxylic acids is 1. The Kier molecular flexibility index (Phi) is 3.47. The predicted molar refractivity (Wildman–Crippen MR) is 78.7 cm³/mol. The molecule has 0 aliphatic carbocycles. The van der Waals surface area contributed by atoms with Crippen molar-refractivity contribution in [3.8, 4) is 0 Å². The molecule has 4 heteroatoms. The van der Waals surface area contributed by atoms with E-state index in [2.05, 4.69) is 0 Å². The highest BCUT2D eigenvalue weighted by molar-refractivity contribution is 6.02. The van der Waals surface area contributed by atoms with Gasteiger partial charge in [0.15, 0.2) is 0 Å². The van der Waals surface area contributed by atoms with Gasteiger partial charge in [-0.25, -0.2) is 0 Å². The monoisotopic (exact) mass is 271 g/mol. The Hall–Kier alpha value is -1.84. The van der Waals surface area contributed by atoms with Crippen LogP contribution in [0.3, 0.4) is 0 Å². The minimum atomic E-state index is -0.243. The quantitative estimate of drug-likeness (QED) is 0.896. The molecule has 1 N–H and O–H groups in total. The predicted octanol–water partition coefficient (Wildman–Crippen LogP) is 2.23. The van der Waals surface area contributed by atoms with Gasteiger partial charge in [-0.1, -0.05) is 24.3 Å². The Morgan fingerprint density at radius 3 is 2.60 bits per heavy atom. The van der Waals surface area contributed by atoms with E-state index >= 15 is 0 Å². The smallest absolute Gasteiger partial charge is 0.245 e. The van der Waals surface area contributed by atoms with Crippen molar-refractivity contribution in [2.45, 2.75) is 38.8 Å². The lowest BCUT2D eigenvalue weighted by Crippen LogP contribution is -2.48. The number of nitrogens with one attached hydrogen (secondary N) is 1. The molecular weight excluding hydrogens is 250 g/mol. The second-order valence-electron chi connectivity index (χ2n) is 5.70. The van der Waals surface area contributed by atoms with Crippen molar-refractivity contribution in [1.29, 1.82) is 5.41 Å². The molecule has 0 spiro atoms. The summed E-state index contributed by atoms with van der Waals surface area (Å²) in [5.41, 5.74) is 2.11. The van der Waals surface area contributed by atoms with Crippen molar-refractivity contribution in [2.75, 3.05) is 13.1 Å². The summed E-state index contributed by atoms with van der Waals surface area (Å²) in [5.74, 6) is 0.653. The lowest BCUT2D eigenvalue weighted by Gasteiger charge is -2.33. The number of benzene rings is 1. The number of hydrogen-bond donors (Lipinski definition) is 1. The fourth-order valence-electron chi connectivity index (χ4n) is 3.15. The molecule has 1 aromatic rings. The number of amidine groups is 1. The minimum Gasteiger partial charge on any atom is -0.341 e. The van der Waals surface area contributed by atoms with Crippen LogP contribution >= 0.6 is 0 Å². The van der Waals surface area contributed by atoms with Gasteiger partial charge in [0, 0.05) is 25.2 Å². The standard InChI is InChI=1S/C16H21N3O/c1-12(16(20)18-9-5-2-6-10-18)19-11-13-7-3-4-8-14(13)15(19)17/h3-4,7-8,12,17H,2,5-6,9-11H2,1H3. The largest absolute Gasteiger partial charge is 0.341 e. The molecule has 1 atom stereocenters. The van der Waals surface area contributed by atoms with E-state index in [-0.39, 0.29) is 11.9 Å². The van der Waals surface area contributed by atoms with Crippen LogP contribution in [0.1, 0.15) is 37.3 Å². The maximum atomic E-state index is 12.6. The highest BCUT2D eigenvalue weighted by Crippen LogP contribution is 2.25. The van der Waals surface area contributed by atoms with Crippen molar-refractivity contribution in [2.24, 2.45) is 0 Å². The first-order valence-corrected chi connectivity index (χ1v) is 7.41. The Morgan fingerprint density at radius 1 is 1.20 bits per heavy atom. The van der Waals surface area contributed by atoms with E-state index < -0.39 is 0 Å². The molecule has 2 aliphatic heterocycles. The van der Waals surface area contributed by atoms with Crippen LogP contribution in [0, 0.1) is 5.41 Å². The number of likely N-dealkylation sites (tertiary alicyclic amines) is 1. The number of amides is 1. The van der Waals surface area contributed by atoms with Gasteiger partial charge in [0.2, 0.25) is 5.91 Å². The summed E-state index contributed by atoms with van der Waals surface area (Å²) in [6, 6.07) is 7.71. The van der Waals surface area contributed by atoms with E-state index in [0.717, 1.165) is 37.1 Å². The zero-order chi connectivity index (χ0) is 14.1. The van der Waals surface area contributed by atoms with Crippen LogP contribution in [-0.4, -0.2) is 40.7 Å². The first-order chi connectivity index (χ1) is 9.68. The molecule has 1 saturated heterocycles. The van der Waals surface area contributed by atoms with Crippen molar-refractivity contribution >= 4 is 11.7 Å². The molecular formula is C16H21N3O. The van der Waals surface area contributed by atoms with Crippen LogP contribution in [-0.2, 0) is 11.3 Å². The molecule has 1 unspecified atom stereocenters. The average molecular weight is 271 g/mol. The Morgan fingerprint density at radius 2 is 1.90 bits per heavy atom. The average Bonchev–Trinajstić information content (AvgIpc) is 2.84. The normalized spacial score (nSPS) is 19.9. The van der Waals surface area contributed by atoms with Crippen molar-refractivity contribution < 1.29 is 4.79 Å². The summed E-state index contributed by atoms with van der Waals surface area (Å²) < 4.78 is 0. The van der Waals surface area contributed by atoms with E-state index in [4.69, 9.17) is 5.41 Å². The van der Waals surface area contributed by atoms with Crippen molar-refractivity contribution in [3.05, 3.63) is 35.4 Å². The molecule has 4 nitrogen and oxygen atoms in total. The van der Waals surface area contributed by atoms with E-state index in [1.165, 1.54) is 6.42 Å². The van der Waals surface area contributed by atoms with Gasteiger partial charge in [-0.05, 0) is 31.7 Å². The van der Waals surface area contributed by atoms with Crippen molar-refractivity contribution in [3.63, 3.8) is 0 Å². The molecule has 2 heterocycles. The fraction of sp³-hybridized carbons (Fsp3) is 0.500. The van der Waals surface area contributed by atoms with Gasteiger partial charge < -0.3 is 9.80 Å². The molecule has 2 aliphatic rings. The Labute approximate surface area is 119 Å². The number of piperidine rings is 1. The molecule has 106 valence electrons. The maximum absolute atomic E-state index is 12.6. The summed E-state index contributed by atoms with van der Waals surface area (Å²) >= 11 is 0. The highest BCUT2D eigenvalue weighted by Gasteiger charge is 2.33. The highest BCUT2D eigenvalue weighted by atomic mass is 16.2. The van der Waals surface area contributed by atoms with E-state index in [1.807, 2.05) is 41.0 Å².